The Balaban J connectivity index is 1.34. The third-order valence-electron chi connectivity index (χ3n) is 9.97. The maximum Gasteiger partial charge on any atom is 0.0689 e. The molecule has 0 spiro atoms. The Morgan fingerprint density at radius 3 is 1.61 bits per heavy atom. The molecule has 0 atom stereocenters. The molecule has 31 heavy (non-hydrogen) atoms. The highest BCUT2D eigenvalue weighted by Gasteiger charge is 2.39. The van der Waals surface area contributed by atoms with Gasteiger partial charge in [-0.3, -0.25) is 0 Å². The zero-order chi connectivity index (χ0) is 21.9. The SMILES string of the molecule is CCCCCCCC[C@]1(C#N)CC[C@H](C2CCC([C@H]3CC[C@H](CCC)CC3)CC2)CC1. The van der Waals surface area contributed by atoms with Gasteiger partial charge in [-0.25, -0.2) is 0 Å². The molecule has 3 fully saturated rings. The molecule has 0 aromatic carbocycles. The first-order valence-corrected chi connectivity index (χ1v) is 14.6. The summed E-state index contributed by atoms with van der Waals surface area (Å²) in [6.07, 6.45) is 29.4. The fraction of sp³-hybridized carbons (Fsp3) is 0.967. The summed E-state index contributed by atoms with van der Waals surface area (Å²) in [4.78, 5) is 0. The van der Waals surface area contributed by atoms with E-state index in [0.717, 1.165) is 29.6 Å². The average Bonchev–Trinajstić information content (AvgIpc) is 2.83. The molecule has 3 aliphatic carbocycles. The Bertz CT molecular complexity index is 507. The highest BCUT2D eigenvalue weighted by atomic mass is 14.5. The van der Waals surface area contributed by atoms with Crippen molar-refractivity contribution in [1.82, 2.24) is 0 Å². The minimum Gasteiger partial charge on any atom is -0.198 e. The molecule has 0 N–H and O–H groups in total. The first kappa shape index (κ1) is 25.1. The Kier molecular flexibility index (Phi) is 10.7. The highest BCUT2D eigenvalue weighted by molar-refractivity contribution is 5.02. The van der Waals surface area contributed by atoms with E-state index in [9.17, 15) is 5.26 Å². The van der Waals surface area contributed by atoms with E-state index in [0.29, 0.717) is 0 Å². The van der Waals surface area contributed by atoms with Gasteiger partial charge in [-0.05, 0) is 100 Å². The van der Waals surface area contributed by atoms with Crippen LogP contribution < -0.4 is 0 Å². The lowest BCUT2D eigenvalue weighted by Gasteiger charge is -2.43. The first-order valence-electron chi connectivity index (χ1n) is 14.6. The van der Waals surface area contributed by atoms with Crippen molar-refractivity contribution in [3.8, 4) is 6.07 Å². The number of hydrogen-bond acceptors (Lipinski definition) is 1. The molecule has 0 unspecified atom stereocenters. The van der Waals surface area contributed by atoms with Crippen LogP contribution in [0.2, 0.25) is 0 Å². The van der Waals surface area contributed by atoms with E-state index in [1.807, 2.05) is 0 Å². The zero-order valence-corrected chi connectivity index (χ0v) is 21.2. The largest absolute Gasteiger partial charge is 0.198 e. The zero-order valence-electron chi connectivity index (χ0n) is 21.2. The highest BCUT2D eigenvalue weighted by Crippen LogP contribution is 2.49. The van der Waals surface area contributed by atoms with Crippen molar-refractivity contribution < 1.29 is 0 Å². The van der Waals surface area contributed by atoms with Crippen LogP contribution in [0, 0.1) is 46.3 Å². The summed E-state index contributed by atoms with van der Waals surface area (Å²) in [6, 6.07) is 2.81. The summed E-state index contributed by atoms with van der Waals surface area (Å²) in [5.74, 6) is 5.08. The summed E-state index contributed by atoms with van der Waals surface area (Å²) in [5, 5.41) is 9.96. The Labute approximate surface area is 195 Å². The van der Waals surface area contributed by atoms with Gasteiger partial charge in [0.1, 0.15) is 0 Å². The van der Waals surface area contributed by atoms with E-state index in [1.165, 1.54) is 135 Å². The van der Waals surface area contributed by atoms with E-state index in [-0.39, 0.29) is 5.41 Å². The molecule has 0 aromatic heterocycles. The smallest absolute Gasteiger partial charge is 0.0689 e. The molecule has 3 saturated carbocycles. The van der Waals surface area contributed by atoms with Crippen LogP contribution in [0.1, 0.15) is 149 Å². The summed E-state index contributed by atoms with van der Waals surface area (Å²) >= 11 is 0. The fourth-order valence-corrected chi connectivity index (χ4v) is 7.77. The van der Waals surface area contributed by atoms with Gasteiger partial charge in [0.15, 0.2) is 0 Å². The number of nitriles is 1. The van der Waals surface area contributed by atoms with Gasteiger partial charge < -0.3 is 0 Å². The predicted molar refractivity (Wildman–Crippen MR) is 134 cm³/mol. The van der Waals surface area contributed by atoms with Crippen LogP contribution in [0.3, 0.4) is 0 Å². The van der Waals surface area contributed by atoms with Crippen molar-refractivity contribution in [1.29, 1.82) is 5.26 Å². The van der Waals surface area contributed by atoms with Crippen LogP contribution in [-0.4, -0.2) is 0 Å². The normalized spacial score (nSPS) is 36.7. The molecular formula is C30H53N. The molecule has 0 bridgehead atoms. The van der Waals surface area contributed by atoms with E-state index in [4.69, 9.17) is 0 Å². The Hall–Kier alpha value is -0.510. The molecule has 0 heterocycles. The van der Waals surface area contributed by atoms with E-state index < -0.39 is 0 Å². The van der Waals surface area contributed by atoms with Crippen molar-refractivity contribution in [2.24, 2.45) is 35.0 Å². The Morgan fingerprint density at radius 2 is 1.10 bits per heavy atom. The summed E-state index contributed by atoms with van der Waals surface area (Å²) in [7, 11) is 0. The quantitative estimate of drug-likeness (QED) is 0.301. The fourth-order valence-electron chi connectivity index (χ4n) is 7.77. The summed E-state index contributed by atoms with van der Waals surface area (Å²) < 4.78 is 0. The second kappa shape index (κ2) is 13.3. The van der Waals surface area contributed by atoms with E-state index in [1.54, 1.807) is 0 Å². The van der Waals surface area contributed by atoms with Crippen LogP contribution in [0.5, 0.6) is 0 Å². The molecule has 0 aliphatic heterocycles. The van der Waals surface area contributed by atoms with Crippen molar-refractivity contribution in [3.63, 3.8) is 0 Å². The molecule has 3 aliphatic rings. The van der Waals surface area contributed by atoms with Crippen molar-refractivity contribution in [3.05, 3.63) is 0 Å². The first-order chi connectivity index (χ1) is 15.2. The lowest BCUT2D eigenvalue weighted by Crippen LogP contribution is -2.32. The van der Waals surface area contributed by atoms with Crippen molar-refractivity contribution in [2.75, 3.05) is 0 Å². The number of rotatable bonds is 11. The van der Waals surface area contributed by atoms with Gasteiger partial charge in [-0.1, -0.05) is 78.1 Å². The predicted octanol–water partition coefficient (Wildman–Crippen LogP) is 9.85. The standard InChI is InChI=1S/C30H53N/c1-3-5-6-7-8-9-21-30(24-31)22-19-29(20-23-30)28-17-15-27(16-18-28)26-13-11-25(10-4-2)12-14-26/h25-29H,3-23H2,1-2H3/t25-,26-,27?,28?,29-,30-. The second-order valence-electron chi connectivity index (χ2n) is 12.0. The van der Waals surface area contributed by atoms with E-state index >= 15 is 0 Å². The molecule has 0 saturated heterocycles. The lowest BCUT2D eigenvalue weighted by molar-refractivity contribution is 0.0898. The summed E-state index contributed by atoms with van der Waals surface area (Å²) in [5.41, 5.74) is 0.0373. The minimum absolute atomic E-state index is 0.0373. The Morgan fingerprint density at radius 1 is 0.613 bits per heavy atom. The van der Waals surface area contributed by atoms with Crippen LogP contribution in [-0.2, 0) is 0 Å². The minimum atomic E-state index is 0.0373. The molecule has 3 rings (SSSR count). The van der Waals surface area contributed by atoms with Gasteiger partial charge in [-0.15, -0.1) is 0 Å². The van der Waals surface area contributed by atoms with Gasteiger partial charge in [0.25, 0.3) is 0 Å². The topological polar surface area (TPSA) is 23.8 Å². The molecule has 1 nitrogen and oxygen atoms in total. The van der Waals surface area contributed by atoms with Gasteiger partial charge in [-0.2, -0.15) is 5.26 Å². The lowest BCUT2D eigenvalue weighted by atomic mass is 9.62. The molecule has 0 radical (unpaired) electrons. The molecular weight excluding hydrogens is 374 g/mol. The molecule has 0 amide bonds. The van der Waals surface area contributed by atoms with E-state index in [2.05, 4.69) is 19.9 Å². The summed E-state index contributed by atoms with van der Waals surface area (Å²) in [6.45, 7) is 4.64. The van der Waals surface area contributed by atoms with Gasteiger partial charge in [0.05, 0.1) is 11.5 Å². The number of unbranched alkanes of at least 4 members (excludes halogenated alkanes) is 5. The molecule has 1 heteroatoms. The van der Waals surface area contributed by atoms with Gasteiger partial charge >= 0.3 is 0 Å². The van der Waals surface area contributed by atoms with Gasteiger partial charge in [0, 0.05) is 0 Å². The van der Waals surface area contributed by atoms with Crippen LogP contribution in [0.25, 0.3) is 0 Å². The molecule has 178 valence electrons. The van der Waals surface area contributed by atoms with Crippen LogP contribution >= 0.6 is 0 Å². The monoisotopic (exact) mass is 427 g/mol. The number of nitrogens with zero attached hydrogens (tertiary/aromatic N) is 1. The maximum absolute atomic E-state index is 9.96. The third kappa shape index (κ3) is 7.51. The van der Waals surface area contributed by atoms with Crippen molar-refractivity contribution >= 4 is 0 Å². The molecule has 0 aromatic rings. The van der Waals surface area contributed by atoms with Gasteiger partial charge in [0.2, 0.25) is 0 Å². The van der Waals surface area contributed by atoms with Crippen molar-refractivity contribution in [2.45, 2.75) is 149 Å². The second-order valence-corrected chi connectivity index (χ2v) is 12.0. The van der Waals surface area contributed by atoms with Crippen LogP contribution in [0.15, 0.2) is 0 Å². The van der Waals surface area contributed by atoms with Crippen LogP contribution in [0.4, 0.5) is 0 Å². The number of hydrogen-bond donors (Lipinski definition) is 0. The third-order valence-corrected chi connectivity index (χ3v) is 9.97. The maximum atomic E-state index is 9.96. The average molecular weight is 428 g/mol.